The van der Waals surface area contributed by atoms with Crippen LogP contribution in [0.2, 0.25) is 0 Å². The van der Waals surface area contributed by atoms with Gasteiger partial charge in [0.2, 0.25) is 0 Å². The van der Waals surface area contributed by atoms with Crippen LogP contribution in [-0.4, -0.2) is 39.3 Å². The van der Waals surface area contributed by atoms with Gasteiger partial charge in [-0.2, -0.15) is 10.4 Å². The van der Waals surface area contributed by atoms with E-state index in [1.807, 2.05) is 6.07 Å². The molecular weight excluding hydrogens is 418 g/mol. The van der Waals surface area contributed by atoms with Crippen LogP contribution in [0.4, 0.5) is 14.6 Å². The molecule has 2 bridgehead atoms. The van der Waals surface area contributed by atoms with Crippen molar-refractivity contribution in [2.24, 2.45) is 17.8 Å². The molecule has 3 aromatic rings. The Morgan fingerprint density at radius 3 is 2.69 bits per heavy atom. The largest absolute Gasteiger partial charge is 0.469 e. The van der Waals surface area contributed by atoms with Crippen molar-refractivity contribution >= 4 is 22.8 Å². The number of carbonyl (C=O) groups excluding carboxylic acids is 1. The van der Waals surface area contributed by atoms with Gasteiger partial charge in [-0.15, -0.1) is 0 Å². The normalized spacial score (nSPS) is 24.3. The van der Waals surface area contributed by atoms with Gasteiger partial charge in [0, 0.05) is 6.04 Å². The second-order valence-corrected chi connectivity index (χ2v) is 8.34. The van der Waals surface area contributed by atoms with E-state index in [1.165, 1.54) is 13.2 Å². The lowest BCUT2D eigenvalue weighted by Crippen LogP contribution is -2.52. The van der Waals surface area contributed by atoms with Gasteiger partial charge < -0.3 is 10.1 Å². The van der Waals surface area contributed by atoms with Gasteiger partial charge in [-0.05, 0) is 49.7 Å². The average Bonchev–Trinajstić information content (AvgIpc) is 3.23. The monoisotopic (exact) mass is 438 g/mol. The number of H-pyrrole nitrogens is 1. The number of ether oxygens (including phenoxy) is 1. The molecule has 10 heteroatoms. The molecule has 3 aliphatic carbocycles. The van der Waals surface area contributed by atoms with Crippen molar-refractivity contribution in [1.29, 1.82) is 5.26 Å². The molecule has 0 saturated heterocycles. The minimum atomic E-state index is -0.709. The second kappa shape index (κ2) is 7.82. The van der Waals surface area contributed by atoms with Gasteiger partial charge in [0.1, 0.15) is 23.3 Å². The molecule has 8 nitrogen and oxygen atoms in total. The maximum atomic E-state index is 15.0. The zero-order valence-corrected chi connectivity index (χ0v) is 17.2. The number of hydrogen-bond acceptors (Lipinski definition) is 7. The van der Waals surface area contributed by atoms with Gasteiger partial charge in [0.05, 0.1) is 30.2 Å². The number of aromatic nitrogens is 4. The third-order valence-electron chi connectivity index (χ3n) is 6.70. The molecule has 3 heterocycles. The van der Waals surface area contributed by atoms with Crippen LogP contribution in [-0.2, 0) is 9.53 Å². The summed E-state index contributed by atoms with van der Waals surface area (Å²) in [6.07, 6.45) is 4.81. The zero-order valence-electron chi connectivity index (χ0n) is 17.2. The number of anilines is 1. The van der Waals surface area contributed by atoms with E-state index in [0.717, 1.165) is 37.9 Å². The van der Waals surface area contributed by atoms with Crippen molar-refractivity contribution in [3.8, 4) is 17.5 Å². The number of pyridine rings is 2. The first-order valence-corrected chi connectivity index (χ1v) is 10.4. The first kappa shape index (κ1) is 20.3. The second-order valence-electron chi connectivity index (χ2n) is 8.34. The third-order valence-corrected chi connectivity index (χ3v) is 6.70. The number of esters is 1. The summed E-state index contributed by atoms with van der Waals surface area (Å²) in [6, 6.07) is 3.90. The zero-order chi connectivity index (χ0) is 22.4. The minimum Gasteiger partial charge on any atom is -0.469 e. The van der Waals surface area contributed by atoms with Crippen LogP contribution < -0.4 is 5.32 Å². The highest BCUT2D eigenvalue weighted by Gasteiger charge is 2.48. The van der Waals surface area contributed by atoms with Crippen LogP contribution in [0.1, 0.15) is 31.2 Å². The minimum absolute atomic E-state index is 0.0413. The summed E-state index contributed by atoms with van der Waals surface area (Å²) in [5.74, 6) is -1.70. The Morgan fingerprint density at radius 2 is 1.97 bits per heavy atom. The molecule has 2 N–H and O–H groups in total. The van der Waals surface area contributed by atoms with Crippen molar-refractivity contribution in [3.63, 3.8) is 0 Å². The van der Waals surface area contributed by atoms with Gasteiger partial charge in [-0.3, -0.25) is 9.89 Å². The number of methoxy groups -OCH3 is 1. The molecule has 0 radical (unpaired) electrons. The van der Waals surface area contributed by atoms with Crippen LogP contribution in [0.15, 0.2) is 18.3 Å². The number of halogens is 2. The molecule has 3 fully saturated rings. The van der Waals surface area contributed by atoms with Crippen molar-refractivity contribution in [3.05, 3.63) is 35.5 Å². The van der Waals surface area contributed by atoms with E-state index in [9.17, 15) is 18.8 Å². The molecule has 0 aromatic carbocycles. The smallest absolute Gasteiger partial charge is 0.311 e. The van der Waals surface area contributed by atoms with Gasteiger partial charge in [-0.25, -0.2) is 18.7 Å². The highest BCUT2D eigenvalue weighted by Crippen LogP contribution is 2.47. The molecule has 0 spiro atoms. The summed E-state index contributed by atoms with van der Waals surface area (Å²) in [4.78, 5) is 20.8. The predicted molar refractivity (Wildman–Crippen MR) is 110 cm³/mol. The first-order chi connectivity index (χ1) is 15.5. The Morgan fingerprint density at radius 1 is 1.22 bits per heavy atom. The molecule has 0 aliphatic heterocycles. The summed E-state index contributed by atoms with van der Waals surface area (Å²) in [5.41, 5.74) is 0.577. The van der Waals surface area contributed by atoms with E-state index in [0.29, 0.717) is 11.0 Å². The number of nitrogens with one attached hydrogen (secondary N) is 2. The number of rotatable bonds is 4. The number of hydrogen-bond donors (Lipinski definition) is 2. The van der Waals surface area contributed by atoms with Crippen molar-refractivity contribution in [1.82, 2.24) is 20.2 Å². The Bertz CT molecular complexity index is 1250. The number of aromatic amines is 1. The maximum Gasteiger partial charge on any atom is 0.311 e. The van der Waals surface area contributed by atoms with Gasteiger partial charge >= 0.3 is 5.97 Å². The molecule has 6 rings (SSSR count). The summed E-state index contributed by atoms with van der Waals surface area (Å²) < 4.78 is 33.8. The number of fused-ring (bicyclic) bond motifs is 4. The van der Waals surface area contributed by atoms with E-state index < -0.39 is 17.6 Å². The number of nitrogens with zero attached hydrogens (tertiary/aromatic N) is 4. The van der Waals surface area contributed by atoms with Gasteiger partial charge in [0.25, 0.3) is 0 Å². The van der Waals surface area contributed by atoms with Crippen LogP contribution in [0.3, 0.4) is 0 Å². The van der Waals surface area contributed by atoms with Crippen molar-refractivity contribution < 1.29 is 18.3 Å². The Hall–Kier alpha value is -3.61. The maximum absolute atomic E-state index is 15.0. The lowest BCUT2D eigenvalue weighted by Gasteiger charge is -2.47. The highest BCUT2D eigenvalue weighted by atomic mass is 19.1. The third kappa shape index (κ3) is 3.25. The lowest BCUT2D eigenvalue weighted by molar-refractivity contribution is -0.152. The molecule has 3 aliphatic rings. The molecule has 2 atom stereocenters. The molecule has 3 saturated carbocycles. The fraction of sp³-hybridized carbons (Fsp3) is 0.409. The standard InChI is InChI=1S/C22H20F2N6O2/c1-32-22(31)16-10-2-4-11(5-3-10)17(16)27-21-15(24)6-12(8-25)18(28-21)19-14-7-13(23)9-26-20(14)30-29-19/h6-7,9-11,16-17H,2-5H2,1H3,(H,27,28)(H,26,29,30)/t10?,11?,16-,17-/m0/s1. The molecule has 32 heavy (non-hydrogen) atoms. The number of carbonyl (C=O) groups is 1. The van der Waals surface area contributed by atoms with Crippen molar-refractivity contribution in [2.75, 3.05) is 12.4 Å². The van der Waals surface area contributed by atoms with Crippen LogP contribution >= 0.6 is 0 Å². The first-order valence-electron chi connectivity index (χ1n) is 10.4. The molecule has 3 aromatic heterocycles. The molecule has 0 unspecified atom stereocenters. The Labute approximate surface area is 182 Å². The van der Waals surface area contributed by atoms with E-state index in [1.54, 1.807) is 0 Å². The fourth-order valence-corrected chi connectivity index (χ4v) is 5.20. The van der Waals surface area contributed by atoms with Crippen molar-refractivity contribution in [2.45, 2.75) is 31.7 Å². The predicted octanol–water partition coefficient (Wildman–Crippen LogP) is 3.56. The average molecular weight is 438 g/mol. The molecule has 0 amide bonds. The fourth-order valence-electron chi connectivity index (χ4n) is 5.20. The Balaban J connectivity index is 1.57. The lowest BCUT2D eigenvalue weighted by atomic mass is 9.61. The van der Waals surface area contributed by atoms with E-state index in [-0.39, 0.29) is 46.6 Å². The van der Waals surface area contributed by atoms with E-state index in [4.69, 9.17) is 4.74 Å². The highest BCUT2D eigenvalue weighted by molar-refractivity contribution is 5.91. The summed E-state index contributed by atoms with van der Waals surface area (Å²) in [5, 5.41) is 19.8. The quantitative estimate of drug-likeness (QED) is 0.598. The van der Waals surface area contributed by atoms with Gasteiger partial charge in [0.15, 0.2) is 17.3 Å². The Kier molecular flexibility index (Phi) is 4.96. The van der Waals surface area contributed by atoms with Crippen LogP contribution in [0.25, 0.3) is 22.4 Å². The number of nitriles is 1. The van der Waals surface area contributed by atoms with E-state index >= 15 is 0 Å². The molecule has 164 valence electrons. The van der Waals surface area contributed by atoms with Gasteiger partial charge in [-0.1, -0.05) is 0 Å². The molecular formula is C22H20F2N6O2. The van der Waals surface area contributed by atoms with Crippen LogP contribution in [0.5, 0.6) is 0 Å². The van der Waals surface area contributed by atoms with Crippen LogP contribution in [0, 0.1) is 40.7 Å². The topological polar surface area (TPSA) is 117 Å². The summed E-state index contributed by atoms with van der Waals surface area (Å²) in [6.45, 7) is 0. The van der Waals surface area contributed by atoms with E-state index in [2.05, 4.69) is 25.5 Å². The SMILES string of the molecule is COC(=O)[C@H]1C2CCC(CC2)[C@@H]1Nc1nc(-c2n[nH]c3ncc(F)cc23)c(C#N)cc1F. The summed E-state index contributed by atoms with van der Waals surface area (Å²) >= 11 is 0. The summed E-state index contributed by atoms with van der Waals surface area (Å²) in [7, 11) is 1.36.